The lowest BCUT2D eigenvalue weighted by Gasteiger charge is -2.42. The van der Waals surface area contributed by atoms with Crippen LogP contribution in [-0.4, -0.2) is 120 Å². The highest BCUT2D eigenvalue weighted by atomic mass is 16.7. The van der Waals surface area contributed by atoms with Gasteiger partial charge >= 0.3 is 5.97 Å². The Bertz CT molecular complexity index is 2010. The number of benzene rings is 3. The molecule has 0 aromatic heterocycles. The molecule has 3 aromatic carbocycles. The summed E-state index contributed by atoms with van der Waals surface area (Å²) in [6.07, 6.45) is -11.5. The van der Waals surface area contributed by atoms with Gasteiger partial charge in [-0.3, -0.25) is 14.4 Å². The van der Waals surface area contributed by atoms with Crippen molar-refractivity contribution in [2.75, 3.05) is 13.7 Å². The molecule has 3 aliphatic rings. The molecule has 0 bridgehead atoms. The number of rotatable bonds is 7. The molecule has 0 unspecified atom stereocenters. The number of aliphatic carboxylic acids is 1. The Labute approximate surface area is 287 Å². The monoisotopic (exact) mass is 711 g/mol. The quantitative estimate of drug-likeness (QED) is 0.117. The third kappa shape index (κ3) is 5.46. The minimum atomic E-state index is -1.88. The van der Waals surface area contributed by atoms with Gasteiger partial charge in [-0.05, 0) is 42.7 Å². The van der Waals surface area contributed by atoms with Crippen LogP contribution < -0.4 is 10.1 Å². The number of fused-ring (bicyclic) bond motifs is 5. The molecule has 0 saturated carbocycles. The van der Waals surface area contributed by atoms with Crippen LogP contribution in [0.5, 0.6) is 23.0 Å². The first-order chi connectivity index (χ1) is 24.0. The summed E-state index contributed by atoms with van der Waals surface area (Å²) in [5.74, 6) is -7.05. The molecule has 2 aliphatic carbocycles. The molecule has 17 heteroatoms. The maximum atomic E-state index is 13.9. The van der Waals surface area contributed by atoms with Crippen molar-refractivity contribution < 1.29 is 79.3 Å². The van der Waals surface area contributed by atoms with Gasteiger partial charge in [0.05, 0.1) is 36.5 Å². The summed E-state index contributed by atoms with van der Waals surface area (Å²) in [4.78, 5) is 52.6. The average Bonchev–Trinajstić information content (AvgIpc) is 3.08. The largest absolute Gasteiger partial charge is 0.507 e. The SMILES string of the molecule is COc1cc(O)c2c(c1)C(=O)c1c(cc3c(c1O)-c1c(cc(C)c(C(=O)N[C@H](CO)C(=O)O)c1O)[C@H](O[C@@H]1O[C@H](C)[C@H](O)[C@H](O)[C@H]1O)[C@H]3O)C2=O. The lowest BCUT2D eigenvalue weighted by atomic mass is 9.74. The van der Waals surface area contributed by atoms with Crippen LogP contribution in [0.25, 0.3) is 11.1 Å². The molecule has 0 spiro atoms. The molecular weight excluding hydrogens is 678 g/mol. The van der Waals surface area contributed by atoms with Crippen LogP contribution in [0.2, 0.25) is 0 Å². The normalized spacial score (nSPS) is 25.6. The lowest BCUT2D eigenvalue weighted by molar-refractivity contribution is -0.312. The van der Waals surface area contributed by atoms with Crippen molar-refractivity contribution in [3.8, 4) is 34.1 Å². The second-order valence-corrected chi connectivity index (χ2v) is 12.5. The third-order valence-electron chi connectivity index (χ3n) is 9.39. The molecule has 6 rings (SSSR count). The molecule has 1 heterocycles. The topological polar surface area (TPSA) is 290 Å². The number of carboxylic acid groups (broad SMARTS) is 1. The molecule has 1 amide bonds. The zero-order chi connectivity index (χ0) is 37.4. The molecule has 270 valence electrons. The highest BCUT2D eigenvalue weighted by Crippen LogP contribution is 2.57. The van der Waals surface area contributed by atoms with Gasteiger partial charge in [-0.15, -0.1) is 0 Å². The summed E-state index contributed by atoms with van der Waals surface area (Å²) >= 11 is 0. The second-order valence-electron chi connectivity index (χ2n) is 12.5. The summed E-state index contributed by atoms with van der Waals surface area (Å²) in [5, 5.41) is 98.3. The first-order valence-electron chi connectivity index (χ1n) is 15.5. The van der Waals surface area contributed by atoms with E-state index in [1.165, 1.54) is 33.1 Å². The van der Waals surface area contributed by atoms with Crippen molar-refractivity contribution in [2.45, 2.75) is 62.8 Å². The molecular formula is C34H33NO16. The molecule has 17 nitrogen and oxygen atoms in total. The maximum Gasteiger partial charge on any atom is 0.328 e. The van der Waals surface area contributed by atoms with Crippen molar-refractivity contribution in [2.24, 2.45) is 0 Å². The predicted molar refractivity (Wildman–Crippen MR) is 169 cm³/mol. The van der Waals surface area contributed by atoms with Crippen LogP contribution in [0.4, 0.5) is 0 Å². The maximum absolute atomic E-state index is 13.9. The Hall–Kier alpha value is -5.14. The zero-order valence-corrected chi connectivity index (χ0v) is 27.0. The summed E-state index contributed by atoms with van der Waals surface area (Å²) in [7, 11) is 1.26. The highest BCUT2D eigenvalue weighted by Gasteiger charge is 2.48. The average molecular weight is 712 g/mol. The predicted octanol–water partition coefficient (Wildman–Crippen LogP) is -0.330. The standard InChI is InChI=1S/C34H33NO16/c1-9-4-15-21(27(42)18(9)32(46)35-16(8-36)33(47)48)20-13(26(41)31(15)51-34-30(45)29(44)23(38)10(2)50-34)7-14-22(28(20)43)25(40)12-5-11(49-3)6-17(37)19(12)24(14)39/h4-7,10,16,23,26,29-31,34,36-38,41-45H,8H2,1-3H3,(H,35,46)(H,47,48)/t10-,16-,23+,26+,29+,30-,31+,34+/m1/s1. The van der Waals surface area contributed by atoms with Crippen molar-refractivity contribution in [1.82, 2.24) is 5.32 Å². The van der Waals surface area contributed by atoms with Crippen LogP contribution >= 0.6 is 0 Å². The van der Waals surface area contributed by atoms with Gasteiger partial charge in [0.1, 0.15) is 53.5 Å². The number of ether oxygens (including phenoxy) is 3. The number of ketones is 2. The number of methoxy groups -OCH3 is 1. The molecule has 51 heavy (non-hydrogen) atoms. The van der Waals surface area contributed by atoms with Crippen LogP contribution in [-0.2, 0) is 14.3 Å². The Morgan fingerprint density at radius 1 is 0.863 bits per heavy atom. The van der Waals surface area contributed by atoms with Crippen LogP contribution in [0.1, 0.15) is 78.0 Å². The molecule has 3 aromatic rings. The van der Waals surface area contributed by atoms with Gasteiger partial charge in [-0.2, -0.15) is 0 Å². The van der Waals surface area contributed by atoms with E-state index < -0.39 is 130 Å². The Morgan fingerprint density at radius 3 is 2.12 bits per heavy atom. The number of nitrogens with one attached hydrogen (secondary N) is 1. The van der Waals surface area contributed by atoms with Crippen molar-refractivity contribution in [3.63, 3.8) is 0 Å². The van der Waals surface area contributed by atoms with E-state index in [-0.39, 0.29) is 28.0 Å². The van der Waals surface area contributed by atoms with E-state index in [0.29, 0.717) is 0 Å². The van der Waals surface area contributed by atoms with E-state index in [1.807, 2.05) is 0 Å². The number of carbonyl (C=O) groups is 4. The number of aliphatic hydroxyl groups is 5. The van der Waals surface area contributed by atoms with E-state index in [4.69, 9.17) is 14.2 Å². The van der Waals surface area contributed by atoms with Gasteiger partial charge in [0.2, 0.25) is 0 Å². The Kier molecular flexibility index (Phi) is 9.01. The molecule has 10 N–H and O–H groups in total. The molecule has 1 saturated heterocycles. The van der Waals surface area contributed by atoms with Gasteiger partial charge in [0, 0.05) is 28.3 Å². The number of carbonyl (C=O) groups excluding carboxylic acids is 3. The van der Waals surface area contributed by atoms with Crippen LogP contribution in [0.15, 0.2) is 24.3 Å². The summed E-state index contributed by atoms with van der Waals surface area (Å²) in [5.41, 5.74) is -3.64. The highest BCUT2D eigenvalue weighted by molar-refractivity contribution is 6.31. The third-order valence-corrected chi connectivity index (χ3v) is 9.39. The van der Waals surface area contributed by atoms with Gasteiger partial charge < -0.3 is 65.5 Å². The van der Waals surface area contributed by atoms with E-state index in [9.17, 15) is 65.1 Å². The lowest BCUT2D eigenvalue weighted by Crippen LogP contribution is -2.57. The number of carboxylic acids is 1. The minimum Gasteiger partial charge on any atom is -0.507 e. The van der Waals surface area contributed by atoms with E-state index >= 15 is 0 Å². The fraction of sp³-hybridized carbons (Fsp3) is 0.353. The van der Waals surface area contributed by atoms with Crippen LogP contribution in [0, 0.1) is 6.92 Å². The van der Waals surface area contributed by atoms with E-state index in [0.717, 1.165) is 12.1 Å². The van der Waals surface area contributed by atoms with Gasteiger partial charge in [-0.1, -0.05) is 6.07 Å². The Morgan fingerprint density at radius 2 is 1.49 bits per heavy atom. The minimum absolute atomic E-state index is 0.0134. The first kappa shape index (κ1) is 35.7. The smallest absolute Gasteiger partial charge is 0.328 e. The number of aliphatic hydroxyl groups excluding tert-OH is 5. The summed E-state index contributed by atoms with van der Waals surface area (Å²) in [6.45, 7) is 1.71. The fourth-order valence-corrected chi connectivity index (χ4v) is 6.77. The molecule has 1 aliphatic heterocycles. The van der Waals surface area contributed by atoms with Crippen molar-refractivity contribution in [1.29, 1.82) is 0 Å². The fourth-order valence-electron chi connectivity index (χ4n) is 6.77. The number of hydrogen-bond acceptors (Lipinski definition) is 15. The number of phenolic OH excluding ortho intramolecular Hbond substituents is 3. The molecule has 0 radical (unpaired) electrons. The number of aromatic hydroxyl groups is 3. The number of amides is 1. The van der Waals surface area contributed by atoms with Gasteiger partial charge in [-0.25, -0.2) is 4.79 Å². The van der Waals surface area contributed by atoms with Gasteiger partial charge in [0.15, 0.2) is 23.9 Å². The molecule has 8 atom stereocenters. The van der Waals surface area contributed by atoms with E-state index in [1.54, 1.807) is 0 Å². The van der Waals surface area contributed by atoms with E-state index in [2.05, 4.69) is 5.32 Å². The summed E-state index contributed by atoms with van der Waals surface area (Å²) < 4.78 is 16.7. The first-order valence-corrected chi connectivity index (χ1v) is 15.5. The second kappa shape index (κ2) is 12.9. The summed E-state index contributed by atoms with van der Waals surface area (Å²) in [6, 6.07) is 2.76. The van der Waals surface area contributed by atoms with Crippen molar-refractivity contribution in [3.05, 3.63) is 68.8 Å². The van der Waals surface area contributed by atoms with Crippen LogP contribution in [0.3, 0.4) is 0 Å². The zero-order valence-electron chi connectivity index (χ0n) is 27.0. The number of hydrogen-bond donors (Lipinski definition) is 10. The number of aryl methyl sites for hydroxylation is 1. The van der Waals surface area contributed by atoms with Gasteiger partial charge in [0.25, 0.3) is 5.91 Å². The number of phenols is 3. The molecule has 1 fully saturated rings. The Balaban J connectivity index is 1.59. The van der Waals surface area contributed by atoms with Crippen molar-refractivity contribution >= 4 is 23.4 Å².